The predicted molar refractivity (Wildman–Crippen MR) is 110 cm³/mol. The van der Waals surface area contributed by atoms with Gasteiger partial charge in [-0.1, -0.05) is 65.3 Å². The van der Waals surface area contributed by atoms with Crippen LogP contribution in [0.3, 0.4) is 0 Å². The Morgan fingerprint density at radius 1 is 1.18 bits per heavy atom. The Labute approximate surface area is 175 Å². The van der Waals surface area contributed by atoms with Crippen molar-refractivity contribution in [1.29, 1.82) is 0 Å². The van der Waals surface area contributed by atoms with Crippen LogP contribution >= 0.6 is 35.0 Å². The fourth-order valence-corrected chi connectivity index (χ4v) is 3.63. The molecule has 28 heavy (non-hydrogen) atoms. The van der Waals surface area contributed by atoms with Gasteiger partial charge in [0.05, 0.1) is 17.7 Å². The molecule has 2 aromatic carbocycles. The first-order valence-corrected chi connectivity index (χ1v) is 9.73. The Kier molecular flexibility index (Phi) is 6.39. The lowest BCUT2D eigenvalue weighted by Crippen LogP contribution is -2.07. The van der Waals surface area contributed by atoms with Crippen molar-refractivity contribution in [3.63, 3.8) is 0 Å². The van der Waals surface area contributed by atoms with Crippen LogP contribution in [0.5, 0.6) is 5.75 Å². The first-order chi connectivity index (χ1) is 13.4. The van der Waals surface area contributed by atoms with Crippen LogP contribution in [0.2, 0.25) is 10.0 Å². The summed E-state index contributed by atoms with van der Waals surface area (Å²) in [4.78, 5) is 20.8. The second-order valence-corrected chi connectivity index (χ2v) is 7.33. The summed E-state index contributed by atoms with van der Waals surface area (Å²) in [5.74, 6) is -0.686. The third kappa shape index (κ3) is 4.22. The highest BCUT2D eigenvalue weighted by molar-refractivity contribution is 8.13. The molecule has 1 heterocycles. The number of hydrogen-bond donors (Lipinski definition) is 1. The highest BCUT2D eigenvalue weighted by atomic mass is 35.5. The number of methoxy groups -OCH3 is 1. The number of benzene rings is 2. The van der Waals surface area contributed by atoms with Crippen molar-refractivity contribution in [2.45, 2.75) is 5.75 Å². The van der Waals surface area contributed by atoms with Crippen LogP contribution in [0.1, 0.15) is 16.1 Å². The topological polar surface area (TPSA) is 78.1 Å². The number of rotatable bonds is 5. The summed E-state index contributed by atoms with van der Waals surface area (Å²) in [7, 11) is 1.29. The number of anilines is 1. The van der Waals surface area contributed by atoms with Gasteiger partial charge in [0, 0.05) is 5.75 Å². The maximum Gasteiger partial charge on any atom is 0.239 e. The van der Waals surface area contributed by atoms with Crippen molar-refractivity contribution in [3.8, 4) is 17.1 Å². The van der Waals surface area contributed by atoms with E-state index in [1.165, 1.54) is 19.2 Å². The zero-order valence-corrected chi connectivity index (χ0v) is 16.9. The molecule has 0 spiro atoms. The quantitative estimate of drug-likeness (QED) is 0.586. The van der Waals surface area contributed by atoms with Crippen molar-refractivity contribution in [3.05, 3.63) is 69.6 Å². The zero-order chi connectivity index (χ0) is 20.3. The molecular weight excluding hydrogens is 424 g/mol. The number of carbonyl (C=O) groups is 1. The average Bonchev–Trinajstić information content (AvgIpc) is 2.69. The Morgan fingerprint density at radius 2 is 1.89 bits per heavy atom. The second-order valence-electron chi connectivity index (χ2n) is 5.60. The van der Waals surface area contributed by atoms with Gasteiger partial charge in [0.2, 0.25) is 5.12 Å². The molecule has 0 fully saturated rings. The van der Waals surface area contributed by atoms with E-state index < -0.39 is 10.9 Å². The molecule has 0 saturated carbocycles. The summed E-state index contributed by atoms with van der Waals surface area (Å²) in [6.45, 7) is 0. The molecule has 3 rings (SSSR count). The fraction of sp³-hybridized carbons (Fsp3) is 0.105. The molecule has 2 N–H and O–H groups in total. The van der Waals surface area contributed by atoms with Crippen LogP contribution in [0, 0.1) is 5.82 Å². The molecule has 9 heteroatoms. The standard InChI is InChI=1S/C19H14Cl2FN3O2S/c1-27-16-12(20)8-7-11(14(16)22)18-24-15(13(21)17(23)25-18)19(26)28-9-10-5-3-2-4-6-10/h2-8H,9H2,1H3,(H2,23,24,25). The summed E-state index contributed by atoms with van der Waals surface area (Å²) < 4.78 is 19.7. The monoisotopic (exact) mass is 437 g/mol. The van der Waals surface area contributed by atoms with Gasteiger partial charge in [-0.15, -0.1) is 0 Å². The third-order valence-corrected chi connectivity index (χ3v) is 5.38. The molecule has 0 bridgehead atoms. The van der Waals surface area contributed by atoms with E-state index in [0.717, 1.165) is 17.3 Å². The summed E-state index contributed by atoms with van der Waals surface area (Å²) >= 11 is 13.1. The number of aromatic nitrogens is 2. The third-order valence-electron chi connectivity index (χ3n) is 3.78. The highest BCUT2D eigenvalue weighted by Crippen LogP contribution is 2.35. The van der Waals surface area contributed by atoms with Crippen molar-refractivity contribution in [1.82, 2.24) is 9.97 Å². The lowest BCUT2D eigenvalue weighted by molar-refractivity contribution is 0.108. The van der Waals surface area contributed by atoms with Gasteiger partial charge in [0.1, 0.15) is 16.5 Å². The van der Waals surface area contributed by atoms with Gasteiger partial charge in [-0.25, -0.2) is 14.4 Å². The van der Waals surface area contributed by atoms with Gasteiger partial charge >= 0.3 is 0 Å². The SMILES string of the molecule is COc1c(Cl)ccc(-c2nc(N)c(Cl)c(C(=O)SCc3ccccc3)n2)c1F. The minimum Gasteiger partial charge on any atom is -0.492 e. The molecule has 0 amide bonds. The summed E-state index contributed by atoms with van der Waals surface area (Å²) in [5, 5.41) is -0.374. The van der Waals surface area contributed by atoms with Crippen molar-refractivity contribution in [2.75, 3.05) is 12.8 Å². The maximum atomic E-state index is 14.7. The summed E-state index contributed by atoms with van der Waals surface area (Å²) in [6.07, 6.45) is 0. The highest BCUT2D eigenvalue weighted by Gasteiger charge is 2.22. The zero-order valence-electron chi connectivity index (χ0n) is 14.6. The molecule has 0 aliphatic carbocycles. The van der Waals surface area contributed by atoms with Crippen molar-refractivity contribution in [2.24, 2.45) is 0 Å². The van der Waals surface area contributed by atoms with Gasteiger partial charge in [-0.05, 0) is 17.7 Å². The van der Waals surface area contributed by atoms with E-state index in [4.69, 9.17) is 33.7 Å². The van der Waals surface area contributed by atoms with Crippen LogP contribution in [0.15, 0.2) is 42.5 Å². The average molecular weight is 438 g/mol. The Morgan fingerprint density at radius 3 is 2.57 bits per heavy atom. The fourth-order valence-electron chi connectivity index (χ4n) is 2.40. The number of nitrogens with zero attached hydrogens (tertiary/aromatic N) is 2. The number of carbonyl (C=O) groups excluding carboxylic acids is 1. The number of ether oxygens (including phenoxy) is 1. The Hall–Kier alpha value is -2.35. The first kappa shape index (κ1) is 20.4. The van der Waals surface area contributed by atoms with E-state index in [1.807, 2.05) is 30.3 Å². The van der Waals surface area contributed by atoms with E-state index in [-0.39, 0.29) is 38.7 Å². The van der Waals surface area contributed by atoms with Crippen LogP contribution in [-0.2, 0) is 5.75 Å². The molecule has 144 valence electrons. The Balaban J connectivity index is 1.96. The van der Waals surface area contributed by atoms with Gasteiger partial charge in [-0.3, -0.25) is 4.79 Å². The summed E-state index contributed by atoms with van der Waals surface area (Å²) in [5.41, 5.74) is 6.70. The van der Waals surface area contributed by atoms with Crippen LogP contribution in [0.25, 0.3) is 11.4 Å². The molecule has 1 aromatic heterocycles. The molecule has 0 aliphatic heterocycles. The molecule has 0 radical (unpaired) electrons. The van der Waals surface area contributed by atoms with E-state index in [0.29, 0.717) is 5.75 Å². The lowest BCUT2D eigenvalue weighted by atomic mass is 10.1. The minimum atomic E-state index is -0.757. The van der Waals surface area contributed by atoms with Crippen LogP contribution in [0.4, 0.5) is 10.2 Å². The molecule has 5 nitrogen and oxygen atoms in total. The van der Waals surface area contributed by atoms with E-state index in [9.17, 15) is 9.18 Å². The van der Waals surface area contributed by atoms with Gasteiger partial charge in [0.15, 0.2) is 17.4 Å². The molecule has 0 saturated heterocycles. The molecule has 0 aliphatic rings. The number of nitrogens with two attached hydrogens (primary N) is 1. The minimum absolute atomic E-state index is 0.00766. The molecule has 0 unspecified atom stereocenters. The molecular formula is C19H14Cl2FN3O2S. The largest absolute Gasteiger partial charge is 0.492 e. The first-order valence-electron chi connectivity index (χ1n) is 7.98. The van der Waals surface area contributed by atoms with Crippen LogP contribution in [-0.4, -0.2) is 22.2 Å². The van der Waals surface area contributed by atoms with Gasteiger partial charge < -0.3 is 10.5 Å². The van der Waals surface area contributed by atoms with Gasteiger partial charge in [0.25, 0.3) is 0 Å². The number of halogens is 3. The predicted octanol–water partition coefficient (Wildman–Crippen LogP) is 5.25. The second kappa shape index (κ2) is 8.77. The molecule has 3 aromatic rings. The maximum absolute atomic E-state index is 14.7. The molecule has 0 atom stereocenters. The van der Waals surface area contributed by atoms with Gasteiger partial charge in [-0.2, -0.15) is 0 Å². The van der Waals surface area contributed by atoms with Crippen LogP contribution < -0.4 is 10.5 Å². The lowest BCUT2D eigenvalue weighted by Gasteiger charge is -2.11. The number of hydrogen-bond acceptors (Lipinski definition) is 6. The Bertz CT molecular complexity index is 1040. The normalized spacial score (nSPS) is 10.7. The number of thioether (sulfide) groups is 1. The van der Waals surface area contributed by atoms with Crippen molar-refractivity contribution < 1.29 is 13.9 Å². The van der Waals surface area contributed by atoms with E-state index in [2.05, 4.69) is 9.97 Å². The van der Waals surface area contributed by atoms with Crippen molar-refractivity contribution >= 4 is 45.9 Å². The smallest absolute Gasteiger partial charge is 0.239 e. The summed E-state index contributed by atoms with van der Waals surface area (Å²) in [6, 6.07) is 12.3. The van der Waals surface area contributed by atoms with E-state index >= 15 is 0 Å². The number of nitrogen functional groups attached to an aromatic ring is 1. The van der Waals surface area contributed by atoms with E-state index in [1.54, 1.807) is 0 Å².